The summed E-state index contributed by atoms with van der Waals surface area (Å²) in [6.07, 6.45) is 1.53. The molecule has 1 heterocycles. The molecule has 0 saturated heterocycles. The topological polar surface area (TPSA) is 48.2 Å². The SMILES string of the molecule is COc1ccc(/C=C(\Cl)c2nc(-c3ccc(Cl)cc3)no2)cc1F. The molecule has 122 valence electrons. The minimum Gasteiger partial charge on any atom is -0.494 e. The summed E-state index contributed by atoms with van der Waals surface area (Å²) in [5.41, 5.74) is 1.29. The highest BCUT2D eigenvalue weighted by atomic mass is 35.5. The van der Waals surface area contributed by atoms with Gasteiger partial charge >= 0.3 is 0 Å². The van der Waals surface area contributed by atoms with Crippen molar-refractivity contribution in [2.45, 2.75) is 0 Å². The molecule has 0 unspecified atom stereocenters. The van der Waals surface area contributed by atoms with Crippen LogP contribution in [0.3, 0.4) is 0 Å². The highest BCUT2D eigenvalue weighted by Gasteiger charge is 2.12. The lowest BCUT2D eigenvalue weighted by atomic mass is 10.2. The van der Waals surface area contributed by atoms with Gasteiger partial charge in [-0.3, -0.25) is 0 Å². The van der Waals surface area contributed by atoms with E-state index in [1.807, 2.05) is 0 Å². The van der Waals surface area contributed by atoms with Crippen LogP contribution in [0.1, 0.15) is 11.5 Å². The van der Waals surface area contributed by atoms with Crippen LogP contribution in [0.25, 0.3) is 22.5 Å². The molecule has 0 spiro atoms. The van der Waals surface area contributed by atoms with Gasteiger partial charge in [0.15, 0.2) is 11.6 Å². The molecule has 0 bridgehead atoms. The minimum absolute atomic E-state index is 0.137. The molecule has 3 rings (SSSR count). The van der Waals surface area contributed by atoms with Crippen LogP contribution in [0.15, 0.2) is 47.0 Å². The third-order valence-electron chi connectivity index (χ3n) is 3.20. The molecule has 24 heavy (non-hydrogen) atoms. The van der Waals surface area contributed by atoms with Crippen molar-refractivity contribution in [1.29, 1.82) is 0 Å². The van der Waals surface area contributed by atoms with Crippen LogP contribution in [0.2, 0.25) is 5.02 Å². The van der Waals surface area contributed by atoms with Crippen LogP contribution >= 0.6 is 23.2 Å². The molecule has 0 amide bonds. The van der Waals surface area contributed by atoms with Gasteiger partial charge in [-0.05, 0) is 48.0 Å². The van der Waals surface area contributed by atoms with E-state index in [9.17, 15) is 4.39 Å². The van der Waals surface area contributed by atoms with Gasteiger partial charge in [-0.1, -0.05) is 34.4 Å². The third-order valence-corrected chi connectivity index (χ3v) is 3.72. The average molecular weight is 365 g/mol. The van der Waals surface area contributed by atoms with E-state index in [1.165, 1.54) is 25.3 Å². The number of methoxy groups -OCH3 is 1. The summed E-state index contributed by atoms with van der Waals surface area (Å²) in [5.74, 6) is 0.196. The van der Waals surface area contributed by atoms with E-state index >= 15 is 0 Å². The molecule has 4 nitrogen and oxygen atoms in total. The third kappa shape index (κ3) is 3.58. The summed E-state index contributed by atoms with van der Waals surface area (Å²) < 4.78 is 23.7. The summed E-state index contributed by atoms with van der Waals surface area (Å²) in [6, 6.07) is 11.5. The molecule has 0 aliphatic carbocycles. The van der Waals surface area contributed by atoms with Gasteiger partial charge in [0.05, 0.1) is 7.11 Å². The van der Waals surface area contributed by atoms with Gasteiger partial charge in [0, 0.05) is 10.6 Å². The molecule has 0 N–H and O–H groups in total. The Morgan fingerprint density at radius 1 is 1.21 bits per heavy atom. The fourth-order valence-corrected chi connectivity index (χ4v) is 2.35. The number of hydrogen-bond donors (Lipinski definition) is 0. The maximum atomic E-state index is 13.7. The van der Waals surface area contributed by atoms with Crippen molar-refractivity contribution >= 4 is 34.3 Å². The van der Waals surface area contributed by atoms with Crippen molar-refractivity contribution in [2.24, 2.45) is 0 Å². The molecule has 0 radical (unpaired) electrons. The Bertz CT molecular complexity index is 892. The number of nitrogens with zero attached hydrogens (tertiary/aromatic N) is 2. The monoisotopic (exact) mass is 364 g/mol. The Morgan fingerprint density at radius 2 is 1.96 bits per heavy atom. The van der Waals surface area contributed by atoms with Gasteiger partial charge in [-0.2, -0.15) is 4.98 Å². The fraction of sp³-hybridized carbons (Fsp3) is 0.0588. The first kappa shape index (κ1) is 16.5. The normalized spacial score (nSPS) is 11.6. The Kier molecular flexibility index (Phi) is 4.83. The fourth-order valence-electron chi connectivity index (χ4n) is 2.02. The standard InChI is InChI=1S/C17H11Cl2FN2O2/c1-23-15-7-2-10(9-14(15)20)8-13(19)17-21-16(22-24-17)11-3-5-12(18)6-4-11/h2-9H,1H3/b13-8-. The lowest BCUT2D eigenvalue weighted by Gasteiger charge is -2.02. The van der Waals surface area contributed by atoms with Crippen molar-refractivity contribution in [3.63, 3.8) is 0 Å². The number of halogens is 3. The number of rotatable bonds is 4. The zero-order valence-electron chi connectivity index (χ0n) is 12.5. The maximum absolute atomic E-state index is 13.7. The molecule has 0 aliphatic heterocycles. The van der Waals surface area contributed by atoms with E-state index < -0.39 is 5.82 Å². The first-order valence-electron chi connectivity index (χ1n) is 6.87. The van der Waals surface area contributed by atoms with Crippen molar-refractivity contribution < 1.29 is 13.7 Å². The van der Waals surface area contributed by atoms with Crippen LogP contribution in [-0.2, 0) is 0 Å². The van der Waals surface area contributed by atoms with Gasteiger partial charge in [0.1, 0.15) is 5.03 Å². The van der Waals surface area contributed by atoms with E-state index in [4.69, 9.17) is 32.5 Å². The Morgan fingerprint density at radius 3 is 2.62 bits per heavy atom. The molecular weight excluding hydrogens is 354 g/mol. The van der Waals surface area contributed by atoms with E-state index in [-0.39, 0.29) is 16.7 Å². The smallest absolute Gasteiger partial charge is 0.269 e. The van der Waals surface area contributed by atoms with E-state index in [0.717, 1.165) is 5.56 Å². The zero-order valence-corrected chi connectivity index (χ0v) is 14.0. The van der Waals surface area contributed by atoms with Crippen LogP contribution in [0.5, 0.6) is 5.75 Å². The summed E-state index contributed by atoms with van der Waals surface area (Å²) in [7, 11) is 1.40. The number of ether oxygens (including phenoxy) is 1. The van der Waals surface area contributed by atoms with Crippen molar-refractivity contribution in [3.05, 3.63) is 64.8 Å². The minimum atomic E-state index is -0.483. The van der Waals surface area contributed by atoms with Crippen LogP contribution in [0.4, 0.5) is 4.39 Å². The van der Waals surface area contributed by atoms with E-state index in [2.05, 4.69) is 10.1 Å². The van der Waals surface area contributed by atoms with Crippen LogP contribution < -0.4 is 4.74 Å². The first-order valence-corrected chi connectivity index (χ1v) is 7.63. The second-order valence-corrected chi connectivity index (χ2v) is 5.66. The summed E-state index contributed by atoms with van der Waals surface area (Å²) in [4.78, 5) is 4.22. The van der Waals surface area contributed by atoms with Gasteiger partial charge in [-0.25, -0.2) is 4.39 Å². The second kappa shape index (κ2) is 7.03. The predicted octanol–water partition coefficient (Wildman–Crippen LogP) is 5.27. The van der Waals surface area contributed by atoms with Crippen LogP contribution in [-0.4, -0.2) is 17.3 Å². The molecule has 0 atom stereocenters. The summed E-state index contributed by atoms with van der Waals surface area (Å²) in [6.45, 7) is 0. The number of benzene rings is 2. The lowest BCUT2D eigenvalue weighted by molar-refractivity contribution is 0.386. The average Bonchev–Trinajstić information content (AvgIpc) is 3.06. The quantitative estimate of drug-likeness (QED) is 0.632. The molecule has 0 saturated carbocycles. The van der Waals surface area contributed by atoms with E-state index in [1.54, 1.807) is 30.3 Å². The molecule has 1 aromatic heterocycles. The van der Waals surface area contributed by atoms with Crippen molar-refractivity contribution in [2.75, 3.05) is 7.11 Å². The first-order chi connectivity index (χ1) is 11.6. The summed E-state index contributed by atoms with van der Waals surface area (Å²) >= 11 is 12.0. The Balaban J connectivity index is 1.86. The highest BCUT2D eigenvalue weighted by Crippen LogP contribution is 2.26. The highest BCUT2D eigenvalue weighted by molar-refractivity contribution is 6.50. The largest absolute Gasteiger partial charge is 0.494 e. The van der Waals surface area contributed by atoms with E-state index in [0.29, 0.717) is 16.4 Å². The van der Waals surface area contributed by atoms with Gasteiger partial charge < -0.3 is 9.26 Å². The Hall–Kier alpha value is -2.37. The van der Waals surface area contributed by atoms with Gasteiger partial charge in [0.25, 0.3) is 5.89 Å². The summed E-state index contributed by atoms with van der Waals surface area (Å²) in [5, 5.41) is 4.69. The predicted molar refractivity (Wildman–Crippen MR) is 91.4 cm³/mol. The van der Waals surface area contributed by atoms with Gasteiger partial charge in [-0.15, -0.1) is 0 Å². The lowest BCUT2D eigenvalue weighted by Crippen LogP contribution is -1.88. The number of hydrogen-bond acceptors (Lipinski definition) is 4. The van der Waals surface area contributed by atoms with Gasteiger partial charge in [0.2, 0.25) is 5.82 Å². The second-order valence-electron chi connectivity index (χ2n) is 4.82. The molecule has 0 fully saturated rings. The maximum Gasteiger partial charge on any atom is 0.269 e. The molecule has 7 heteroatoms. The van der Waals surface area contributed by atoms with Crippen molar-refractivity contribution in [1.82, 2.24) is 10.1 Å². The Labute approximate surface area is 147 Å². The van der Waals surface area contributed by atoms with Crippen molar-refractivity contribution in [3.8, 4) is 17.1 Å². The molecular formula is C17H11Cl2FN2O2. The molecule has 0 aliphatic rings. The zero-order chi connectivity index (χ0) is 17.1. The molecule has 3 aromatic rings. The van der Waals surface area contributed by atoms with Crippen LogP contribution in [0, 0.1) is 5.82 Å². The molecule has 2 aromatic carbocycles. The number of aromatic nitrogens is 2.